The first-order valence-electron chi connectivity index (χ1n) is 5.44. The van der Waals surface area contributed by atoms with Crippen LogP contribution < -0.4 is 5.73 Å². The van der Waals surface area contributed by atoms with Gasteiger partial charge in [0.25, 0.3) is 0 Å². The number of rotatable bonds is 2. The van der Waals surface area contributed by atoms with Crippen LogP contribution in [0, 0.1) is 5.41 Å². The number of piperidine rings is 1. The van der Waals surface area contributed by atoms with Crippen molar-refractivity contribution in [2.24, 2.45) is 11.1 Å². The molecule has 4 nitrogen and oxygen atoms in total. The normalized spacial score (nSPS) is 21.9. The fourth-order valence-corrected chi connectivity index (χ4v) is 3.84. The minimum Gasteiger partial charge on any atom is -0.328 e. The lowest BCUT2D eigenvalue weighted by Crippen LogP contribution is -2.45. The van der Waals surface area contributed by atoms with Gasteiger partial charge in [-0.1, -0.05) is 20.8 Å². The second-order valence-corrected chi connectivity index (χ2v) is 7.52. The molecule has 1 fully saturated rings. The Kier molecular flexibility index (Phi) is 3.79. The van der Waals surface area contributed by atoms with Gasteiger partial charge >= 0.3 is 0 Å². The molecular formula is C10H22N2O2S. The Morgan fingerprint density at radius 2 is 1.73 bits per heavy atom. The molecule has 0 spiro atoms. The maximum Gasteiger partial charge on any atom is 0.214 e. The standard InChI is InChI=1S/C10H22N2O2S/c1-10(2,3)8-15(13,14)12-6-4-9(11)5-7-12/h9H,4-8,11H2,1-3H3. The Morgan fingerprint density at radius 3 is 2.13 bits per heavy atom. The molecule has 0 bridgehead atoms. The minimum atomic E-state index is -3.09. The van der Waals surface area contributed by atoms with E-state index in [0.29, 0.717) is 13.1 Å². The molecule has 2 N–H and O–H groups in total. The first-order chi connectivity index (χ1) is 6.71. The van der Waals surface area contributed by atoms with E-state index in [1.807, 2.05) is 20.8 Å². The van der Waals surface area contributed by atoms with Crippen molar-refractivity contribution in [3.63, 3.8) is 0 Å². The molecule has 0 aliphatic carbocycles. The van der Waals surface area contributed by atoms with Crippen LogP contribution in [0.25, 0.3) is 0 Å². The molecule has 1 heterocycles. The van der Waals surface area contributed by atoms with Crippen LogP contribution in [-0.4, -0.2) is 37.6 Å². The molecule has 1 aliphatic heterocycles. The summed E-state index contributed by atoms with van der Waals surface area (Å²) in [5.74, 6) is 0.217. The van der Waals surface area contributed by atoms with Crippen LogP contribution in [0.4, 0.5) is 0 Å². The highest BCUT2D eigenvalue weighted by atomic mass is 32.2. The van der Waals surface area contributed by atoms with E-state index < -0.39 is 10.0 Å². The van der Waals surface area contributed by atoms with Crippen LogP contribution in [0.2, 0.25) is 0 Å². The lowest BCUT2D eigenvalue weighted by atomic mass is 10.0. The predicted molar refractivity (Wildman–Crippen MR) is 62.0 cm³/mol. The molecule has 0 unspecified atom stereocenters. The van der Waals surface area contributed by atoms with E-state index in [-0.39, 0.29) is 17.2 Å². The summed E-state index contributed by atoms with van der Waals surface area (Å²) in [6, 6.07) is 0.172. The molecule has 0 aromatic rings. The monoisotopic (exact) mass is 234 g/mol. The molecule has 1 saturated heterocycles. The van der Waals surface area contributed by atoms with Gasteiger partial charge in [-0.25, -0.2) is 12.7 Å². The summed E-state index contributed by atoms with van der Waals surface area (Å²) in [4.78, 5) is 0. The van der Waals surface area contributed by atoms with E-state index in [4.69, 9.17) is 5.73 Å². The maximum absolute atomic E-state index is 12.0. The van der Waals surface area contributed by atoms with Crippen molar-refractivity contribution >= 4 is 10.0 Å². The number of nitrogens with two attached hydrogens (primary N) is 1. The van der Waals surface area contributed by atoms with E-state index in [1.165, 1.54) is 0 Å². The lowest BCUT2D eigenvalue weighted by Gasteiger charge is -2.31. The van der Waals surface area contributed by atoms with Crippen LogP contribution in [-0.2, 0) is 10.0 Å². The topological polar surface area (TPSA) is 63.4 Å². The number of nitrogens with zero attached hydrogens (tertiary/aromatic N) is 1. The largest absolute Gasteiger partial charge is 0.328 e. The summed E-state index contributed by atoms with van der Waals surface area (Å²) in [5.41, 5.74) is 5.56. The Labute approximate surface area is 92.9 Å². The van der Waals surface area contributed by atoms with Gasteiger partial charge in [0.05, 0.1) is 5.75 Å². The zero-order chi connectivity index (χ0) is 11.7. The molecule has 0 radical (unpaired) electrons. The van der Waals surface area contributed by atoms with Crippen molar-refractivity contribution in [3.05, 3.63) is 0 Å². The molecule has 5 heteroatoms. The van der Waals surface area contributed by atoms with Gasteiger partial charge in [-0.05, 0) is 18.3 Å². The summed E-state index contributed by atoms with van der Waals surface area (Å²) in [5, 5.41) is 0. The molecule has 0 aromatic carbocycles. The molecule has 90 valence electrons. The Hall–Kier alpha value is -0.130. The third kappa shape index (κ3) is 4.09. The van der Waals surface area contributed by atoms with Crippen molar-refractivity contribution in [2.75, 3.05) is 18.8 Å². The Morgan fingerprint density at radius 1 is 1.27 bits per heavy atom. The molecule has 0 amide bonds. The molecular weight excluding hydrogens is 212 g/mol. The highest BCUT2D eigenvalue weighted by Crippen LogP contribution is 2.21. The molecule has 0 saturated carbocycles. The maximum atomic E-state index is 12.0. The fourth-order valence-electron chi connectivity index (χ4n) is 1.79. The van der Waals surface area contributed by atoms with Crippen molar-refractivity contribution < 1.29 is 8.42 Å². The van der Waals surface area contributed by atoms with Crippen molar-refractivity contribution in [3.8, 4) is 0 Å². The Balaban J connectivity index is 2.63. The average molecular weight is 234 g/mol. The molecule has 15 heavy (non-hydrogen) atoms. The zero-order valence-electron chi connectivity index (χ0n) is 9.86. The van der Waals surface area contributed by atoms with Crippen LogP contribution in [0.15, 0.2) is 0 Å². The first kappa shape index (κ1) is 12.9. The van der Waals surface area contributed by atoms with E-state index in [0.717, 1.165) is 12.8 Å². The number of hydrogen-bond donors (Lipinski definition) is 1. The van der Waals surface area contributed by atoms with Gasteiger partial charge in [0, 0.05) is 19.1 Å². The lowest BCUT2D eigenvalue weighted by molar-refractivity contribution is 0.313. The summed E-state index contributed by atoms with van der Waals surface area (Å²) < 4.78 is 25.6. The van der Waals surface area contributed by atoms with Crippen LogP contribution in [0.3, 0.4) is 0 Å². The highest BCUT2D eigenvalue weighted by Gasteiger charge is 2.30. The van der Waals surface area contributed by atoms with Gasteiger partial charge in [-0.2, -0.15) is 0 Å². The summed E-state index contributed by atoms with van der Waals surface area (Å²) in [6.07, 6.45) is 1.56. The van der Waals surface area contributed by atoms with Gasteiger partial charge in [-0.3, -0.25) is 0 Å². The van der Waals surface area contributed by atoms with Gasteiger partial charge in [0.2, 0.25) is 10.0 Å². The van der Waals surface area contributed by atoms with Gasteiger partial charge < -0.3 is 5.73 Å². The second-order valence-electron chi connectivity index (χ2n) is 5.55. The first-order valence-corrected chi connectivity index (χ1v) is 7.05. The Bertz CT molecular complexity index is 298. The highest BCUT2D eigenvalue weighted by molar-refractivity contribution is 7.89. The van der Waals surface area contributed by atoms with Crippen molar-refractivity contribution in [1.29, 1.82) is 0 Å². The van der Waals surface area contributed by atoms with Crippen LogP contribution in [0.5, 0.6) is 0 Å². The fraction of sp³-hybridized carbons (Fsp3) is 1.00. The predicted octanol–water partition coefficient (Wildman–Crippen LogP) is 0.785. The second kappa shape index (κ2) is 4.39. The number of sulfonamides is 1. The summed E-state index contributed by atoms with van der Waals surface area (Å²) in [6.45, 7) is 7.00. The van der Waals surface area contributed by atoms with E-state index in [2.05, 4.69) is 0 Å². The summed E-state index contributed by atoms with van der Waals surface area (Å²) >= 11 is 0. The van der Waals surface area contributed by atoms with E-state index >= 15 is 0 Å². The molecule has 0 atom stereocenters. The van der Waals surface area contributed by atoms with Gasteiger partial charge in [-0.15, -0.1) is 0 Å². The smallest absolute Gasteiger partial charge is 0.214 e. The minimum absolute atomic E-state index is 0.172. The van der Waals surface area contributed by atoms with Crippen LogP contribution in [0.1, 0.15) is 33.6 Å². The van der Waals surface area contributed by atoms with Gasteiger partial charge in [0.15, 0.2) is 0 Å². The average Bonchev–Trinajstić information content (AvgIpc) is 2.00. The number of hydrogen-bond acceptors (Lipinski definition) is 3. The molecule has 1 rings (SSSR count). The molecule has 1 aliphatic rings. The third-order valence-corrected chi connectivity index (χ3v) is 4.89. The van der Waals surface area contributed by atoms with Crippen LogP contribution >= 0.6 is 0 Å². The quantitative estimate of drug-likeness (QED) is 0.768. The van der Waals surface area contributed by atoms with Crippen molar-refractivity contribution in [2.45, 2.75) is 39.7 Å². The van der Waals surface area contributed by atoms with Crippen molar-refractivity contribution in [1.82, 2.24) is 4.31 Å². The van der Waals surface area contributed by atoms with Gasteiger partial charge in [0.1, 0.15) is 0 Å². The van der Waals surface area contributed by atoms with E-state index in [9.17, 15) is 8.42 Å². The third-order valence-electron chi connectivity index (χ3n) is 2.51. The van der Waals surface area contributed by atoms with E-state index in [1.54, 1.807) is 4.31 Å². The SMILES string of the molecule is CC(C)(C)CS(=O)(=O)N1CCC(N)CC1. The zero-order valence-corrected chi connectivity index (χ0v) is 10.7. The summed E-state index contributed by atoms with van der Waals surface area (Å²) in [7, 11) is -3.09. The molecule has 0 aromatic heterocycles.